The van der Waals surface area contributed by atoms with Crippen molar-refractivity contribution in [3.05, 3.63) is 63.1 Å². The van der Waals surface area contributed by atoms with Gasteiger partial charge in [0, 0.05) is 23.1 Å². The van der Waals surface area contributed by atoms with Crippen LogP contribution < -0.4 is 9.62 Å². The number of halogens is 3. The third kappa shape index (κ3) is 7.04. The molecule has 0 radical (unpaired) electrons. The zero-order valence-corrected chi connectivity index (χ0v) is 18.9. The third-order valence-electron chi connectivity index (χ3n) is 3.64. The standard InChI is InChI=1S/C18H19Cl3N2O3S2/c1-28(25,26)23(16-4-2-3-15(20)18(16)21)11-17(24)22-9-10-27-12-13-5-7-14(19)8-6-13/h2-8H,9-12H2,1H3,(H,22,24). The predicted molar refractivity (Wildman–Crippen MR) is 119 cm³/mol. The molecule has 0 aromatic heterocycles. The highest BCUT2D eigenvalue weighted by Crippen LogP contribution is 2.33. The lowest BCUT2D eigenvalue weighted by molar-refractivity contribution is -0.119. The zero-order chi connectivity index (χ0) is 20.7. The van der Waals surface area contributed by atoms with E-state index in [1.54, 1.807) is 23.9 Å². The highest BCUT2D eigenvalue weighted by Gasteiger charge is 2.23. The molecule has 0 aliphatic carbocycles. The zero-order valence-electron chi connectivity index (χ0n) is 15.0. The van der Waals surface area contributed by atoms with Crippen molar-refractivity contribution in [2.45, 2.75) is 5.75 Å². The van der Waals surface area contributed by atoms with Crippen LogP contribution in [-0.4, -0.2) is 39.4 Å². The first-order valence-corrected chi connectivity index (χ1v) is 12.3. The van der Waals surface area contributed by atoms with Gasteiger partial charge in [0.2, 0.25) is 15.9 Å². The van der Waals surface area contributed by atoms with Crippen LogP contribution in [-0.2, 0) is 20.6 Å². The second-order valence-electron chi connectivity index (χ2n) is 5.87. The summed E-state index contributed by atoms with van der Waals surface area (Å²) < 4.78 is 25.2. The maximum Gasteiger partial charge on any atom is 0.240 e. The fraction of sp³-hybridized carbons (Fsp3) is 0.278. The number of hydrogen-bond acceptors (Lipinski definition) is 4. The Balaban J connectivity index is 1.87. The van der Waals surface area contributed by atoms with E-state index in [1.807, 2.05) is 24.3 Å². The van der Waals surface area contributed by atoms with Gasteiger partial charge in [-0.2, -0.15) is 11.8 Å². The van der Waals surface area contributed by atoms with E-state index in [9.17, 15) is 13.2 Å². The monoisotopic (exact) mass is 480 g/mol. The molecule has 0 fully saturated rings. The fourth-order valence-corrected chi connectivity index (χ4v) is 4.54. The molecule has 1 N–H and O–H groups in total. The van der Waals surface area contributed by atoms with Crippen LogP contribution in [0.5, 0.6) is 0 Å². The summed E-state index contributed by atoms with van der Waals surface area (Å²) in [6.07, 6.45) is 1.01. The second kappa shape index (κ2) is 10.6. The summed E-state index contributed by atoms with van der Waals surface area (Å²) in [5.74, 6) is 1.06. The van der Waals surface area contributed by atoms with Gasteiger partial charge in [0.25, 0.3) is 0 Å². The molecule has 2 rings (SSSR count). The van der Waals surface area contributed by atoms with Gasteiger partial charge in [-0.15, -0.1) is 0 Å². The summed E-state index contributed by atoms with van der Waals surface area (Å²) in [6.45, 7) is 0.0404. The molecule has 10 heteroatoms. The lowest BCUT2D eigenvalue weighted by Gasteiger charge is -2.23. The number of nitrogens with zero attached hydrogens (tertiary/aromatic N) is 1. The Kier molecular flexibility index (Phi) is 8.77. The Morgan fingerprint density at radius 1 is 1.11 bits per heavy atom. The molecule has 1 amide bonds. The minimum atomic E-state index is -3.71. The van der Waals surface area contributed by atoms with Crippen molar-refractivity contribution in [3.63, 3.8) is 0 Å². The van der Waals surface area contributed by atoms with Crippen LogP contribution in [0.25, 0.3) is 0 Å². The summed E-state index contributed by atoms with van der Waals surface area (Å²) >= 11 is 19.6. The fourth-order valence-electron chi connectivity index (χ4n) is 2.29. The van der Waals surface area contributed by atoms with E-state index < -0.39 is 15.9 Å². The molecule has 0 bridgehead atoms. The molecular formula is C18H19Cl3N2O3S2. The molecule has 0 aliphatic heterocycles. The average molecular weight is 482 g/mol. The number of anilines is 1. The summed E-state index contributed by atoms with van der Waals surface area (Å²) in [4.78, 5) is 12.2. The molecule has 0 aliphatic rings. The molecule has 152 valence electrons. The number of amides is 1. The molecular weight excluding hydrogens is 463 g/mol. The van der Waals surface area contributed by atoms with Crippen LogP contribution >= 0.6 is 46.6 Å². The van der Waals surface area contributed by atoms with Crippen LogP contribution in [0.2, 0.25) is 15.1 Å². The summed E-state index contributed by atoms with van der Waals surface area (Å²) in [5.41, 5.74) is 1.31. The van der Waals surface area contributed by atoms with Crippen LogP contribution in [0.1, 0.15) is 5.56 Å². The number of carbonyl (C=O) groups excluding carboxylic acids is 1. The van der Waals surface area contributed by atoms with E-state index >= 15 is 0 Å². The van der Waals surface area contributed by atoms with Gasteiger partial charge in [-0.3, -0.25) is 9.10 Å². The molecule has 0 heterocycles. The lowest BCUT2D eigenvalue weighted by atomic mass is 10.2. The molecule has 0 spiro atoms. The Morgan fingerprint density at radius 3 is 2.43 bits per heavy atom. The van der Waals surface area contributed by atoms with Crippen LogP contribution in [0.15, 0.2) is 42.5 Å². The van der Waals surface area contributed by atoms with E-state index in [1.165, 1.54) is 6.07 Å². The van der Waals surface area contributed by atoms with Gasteiger partial charge in [-0.25, -0.2) is 8.42 Å². The Labute approximate surface area is 184 Å². The SMILES string of the molecule is CS(=O)(=O)N(CC(=O)NCCSCc1ccc(Cl)cc1)c1cccc(Cl)c1Cl. The molecule has 0 atom stereocenters. The van der Waals surface area contributed by atoms with Crippen molar-refractivity contribution in [2.24, 2.45) is 0 Å². The van der Waals surface area contributed by atoms with Crippen molar-refractivity contribution in [1.82, 2.24) is 5.32 Å². The average Bonchev–Trinajstić information content (AvgIpc) is 2.63. The number of nitrogens with one attached hydrogen (secondary N) is 1. The van der Waals surface area contributed by atoms with Gasteiger partial charge in [-0.05, 0) is 29.8 Å². The Morgan fingerprint density at radius 2 is 1.79 bits per heavy atom. The van der Waals surface area contributed by atoms with E-state index in [-0.39, 0.29) is 22.3 Å². The number of benzene rings is 2. The van der Waals surface area contributed by atoms with Crippen molar-refractivity contribution in [2.75, 3.05) is 29.4 Å². The first-order valence-electron chi connectivity index (χ1n) is 8.19. The topological polar surface area (TPSA) is 66.5 Å². The molecule has 0 saturated heterocycles. The maximum atomic E-state index is 12.2. The number of sulfonamides is 1. The van der Waals surface area contributed by atoms with Gasteiger partial charge in [0.05, 0.1) is 22.0 Å². The third-order valence-corrected chi connectivity index (χ3v) is 6.86. The number of rotatable bonds is 9. The first kappa shape index (κ1) is 23.2. The maximum absolute atomic E-state index is 12.2. The summed E-state index contributed by atoms with van der Waals surface area (Å²) in [6, 6.07) is 12.2. The minimum Gasteiger partial charge on any atom is -0.354 e. The van der Waals surface area contributed by atoms with Gasteiger partial charge in [0.1, 0.15) is 6.54 Å². The van der Waals surface area contributed by atoms with Crippen molar-refractivity contribution in [3.8, 4) is 0 Å². The van der Waals surface area contributed by atoms with E-state index in [4.69, 9.17) is 34.8 Å². The predicted octanol–water partition coefficient (Wildman–Crippen LogP) is 4.46. The van der Waals surface area contributed by atoms with E-state index in [0.717, 1.165) is 21.9 Å². The van der Waals surface area contributed by atoms with Crippen LogP contribution in [0.3, 0.4) is 0 Å². The van der Waals surface area contributed by atoms with Crippen LogP contribution in [0.4, 0.5) is 5.69 Å². The highest BCUT2D eigenvalue weighted by atomic mass is 35.5. The van der Waals surface area contributed by atoms with Crippen LogP contribution in [0, 0.1) is 0 Å². The molecule has 2 aromatic carbocycles. The highest BCUT2D eigenvalue weighted by molar-refractivity contribution is 7.98. The smallest absolute Gasteiger partial charge is 0.240 e. The second-order valence-corrected chi connectivity index (χ2v) is 10.1. The van der Waals surface area contributed by atoms with Gasteiger partial charge in [-0.1, -0.05) is 53.0 Å². The van der Waals surface area contributed by atoms with Gasteiger partial charge < -0.3 is 5.32 Å². The number of hydrogen-bond donors (Lipinski definition) is 1. The van der Waals surface area contributed by atoms with E-state index in [2.05, 4.69) is 5.32 Å². The lowest BCUT2D eigenvalue weighted by Crippen LogP contribution is -2.41. The quantitative estimate of drug-likeness (QED) is 0.537. The number of carbonyl (C=O) groups is 1. The van der Waals surface area contributed by atoms with E-state index in [0.29, 0.717) is 17.3 Å². The Bertz CT molecular complexity index is 922. The van der Waals surface area contributed by atoms with Crippen molar-refractivity contribution in [1.29, 1.82) is 0 Å². The van der Waals surface area contributed by atoms with Crippen molar-refractivity contribution < 1.29 is 13.2 Å². The molecule has 0 saturated carbocycles. The summed E-state index contributed by atoms with van der Waals surface area (Å²) in [5, 5.41) is 3.71. The molecule has 0 unspecified atom stereocenters. The molecule has 5 nitrogen and oxygen atoms in total. The molecule has 28 heavy (non-hydrogen) atoms. The van der Waals surface area contributed by atoms with Gasteiger partial charge >= 0.3 is 0 Å². The minimum absolute atomic E-state index is 0.0842. The van der Waals surface area contributed by atoms with Crippen molar-refractivity contribution >= 4 is 68.2 Å². The first-order chi connectivity index (χ1) is 13.2. The van der Waals surface area contributed by atoms with Gasteiger partial charge in [0.15, 0.2) is 0 Å². The molecule has 2 aromatic rings. The Hall–Kier alpha value is -1.12. The summed E-state index contributed by atoms with van der Waals surface area (Å²) in [7, 11) is -3.71. The largest absolute Gasteiger partial charge is 0.354 e. The number of thioether (sulfide) groups is 1. The normalized spacial score (nSPS) is 11.3.